The normalized spacial score (nSPS) is 21.9. The van der Waals surface area contributed by atoms with Crippen molar-refractivity contribution in [2.24, 2.45) is 5.41 Å². The number of aryl methyl sites for hydroxylation is 1. The number of aromatic hydroxyl groups is 1. The molecule has 0 spiro atoms. The molecule has 1 atom stereocenters. The Morgan fingerprint density at radius 2 is 1.81 bits per heavy atom. The average molecular weight is 371 g/mol. The molecule has 0 saturated carbocycles. The third-order valence-corrected chi connectivity index (χ3v) is 5.59. The number of rotatable bonds is 2. The second-order valence-electron chi connectivity index (χ2n) is 8.10. The molecule has 2 aromatic rings. The predicted molar refractivity (Wildman–Crippen MR) is 101 cm³/mol. The Bertz CT molecular complexity index is 929. The molecule has 7 heteroatoms. The summed E-state index contributed by atoms with van der Waals surface area (Å²) < 4.78 is 1.11. The summed E-state index contributed by atoms with van der Waals surface area (Å²) in [6, 6.07) is 8.15. The quantitative estimate of drug-likeness (QED) is 0.840. The van der Waals surface area contributed by atoms with Gasteiger partial charge in [-0.2, -0.15) is 9.78 Å². The molecule has 0 aliphatic carbocycles. The fourth-order valence-electron chi connectivity index (χ4n) is 3.21. The largest absolute Gasteiger partial charge is 0.505 e. The van der Waals surface area contributed by atoms with E-state index >= 15 is 0 Å². The fourth-order valence-corrected chi connectivity index (χ4v) is 3.21. The summed E-state index contributed by atoms with van der Waals surface area (Å²) in [6.45, 7) is 8.16. The Labute approximate surface area is 157 Å². The van der Waals surface area contributed by atoms with Crippen LogP contribution in [0.2, 0.25) is 0 Å². The Balaban J connectivity index is 1.97. The number of hydrogen-bond acceptors (Lipinski definition) is 5. The zero-order valence-electron chi connectivity index (χ0n) is 16.1. The summed E-state index contributed by atoms with van der Waals surface area (Å²) in [5.41, 5.74) is -0.546. The first-order valence-corrected chi connectivity index (χ1v) is 8.94. The predicted octanol–water partition coefficient (Wildman–Crippen LogP) is 1.87. The highest BCUT2D eigenvalue weighted by atomic mass is 16.3. The molecule has 7 nitrogen and oxygen atoms in total. The molecule has 144 valence electrons. The van der Waals surface area contributed by atoms with Crippen molar-refractivity contribution >= 4 is 5.91 Å². The van der Waals surface area contributed by atoms with E-state index in [2.05, 4.69) is 5.10 Å². The first-order valence-electron chi connectivity index (χ1n) is 8.94. The Hall–Kier alpha value is -2.67. The maximum atomic E-state index is 13.0. The maximum Gasteiger partial charge on any atom is 0.278 e. The van der Waals surface area contributed by atoms with Gasteiger partial charge in [0.1, 0.15) is 0 Å². The number of amides is 1. The van der Waals surface area contributed by atoms with Crippen LogP contribution in [-0.2, 0) is 0 Å². The lowest BCUT2D eigenvalue weighted by Crippen LogP contribution is -2.57. The number of carbonyl (C=O) groups is 1. The van der Waals surface area contributed by atoms with Crippen molar-refractivity contribution in [2.45, 2.75) is 39.7 Å². The van der Waals surface area contributed by atoms with E-state index in [4.69, 9.17) is 0 Å². The monoisotopic (exact) mass is 371 g/mol. The minimum absolute atomic E-state index is 0.174. The average Bonchev–Trinajstić information content (AvgIpc) is 2.58. The Kier molecular flexibility index (Phi) is 4.59. The van der Waals surface area contributed by atoms with E-state index < -0.39 is 28.2 Å². The smallest absolute Gasteiger partial charge is 0.278 e. The molecule has 0 unspecified atom stereocenters. The van der Waals surface area contributed by atoms with Gasteiger partial charge < -0.3 is 15.1 Å². The lowest BCUT2D eigenvalue weighted by molar-refractivity contribution is -0.0972. The van der Waals surface area contributed by atoms with Crippen LogP contribution in [0.4, 0.5) is 0 Å². The topological polar surface area (TPSA) is 95.7 Å². The summed E-state index contributed by atoms with van der Waals surface area (Å²) in [4.78, 5) is 26.8. The van der Waals surface area contributed by atoms with Crippen LogP contribution < -0.4 is 5.56 Å². The van der Waals surface area contributed by atoms with Crippen molar-refractivity contribution in [1.82, 2.24) is 14.7 Å². The van der Waals surface area contributed by atoms with Crippen molar-refractivity contribution in [2.75, 3.05) is 13.1 Å². The van der Waals surface area contributed by atoms with E-state index in [0.717, 1.165) is 16.3 Å². The van der Waals surface area contributed by atoms with E-state index in [1.807, 2.05) is 32.9 Å². The highest BCUT2D eigenvalue weighted by Crippen LogP contribution is 2.38. The first-order chi connectivity index (χ1) is 12.5. The van der Waals surface area contributed by atoms with E-state index in [-0.39, 0.29) is 5.69 Å². The second-order valence-corrected chi connectivity index (χ2v) is 8.10. The lowest BCUT2D eigenvalue weighted by Gasteiger charge is -2.48. The van der Waals surface area contributed by atoms with E-state index in [1.165, 1.54) is 0 Å². The van der Waals surface area contributed by atoms with Gasteiger partial charge in [0.05, 0.1) is 11.3 Å². The van der Waals surface area contributed by atoms with Gasteiger partial charge in [-0.3, -0.25) is 9.59 Å². The summed E-state index contributed by atoms with van der Waals surface area (Å²) in [5, 5.41) is 24.8. The van der Waals surface area contributed by atoms with Gasteiger partial charge in [-0.15, -0.1) is 0 Å². The van der Waals surface area contributed by atoms with Crippen LogP contribution >= 0.6 is 0 Å². The molecular weight excluding hydrogens is 346 g/mol. The summed E-state index contributed by atoms with van der Waals surface area (Å²) in [5.74, 6) is -0.902. The first kappa shape index (κ1) is 19.1. The lowest BCUT2D eigenvalue weighted by atomic mass is 9.71. The van der Waals surface area contributed by atoms with Gasteiger partial charge in [-0.1, -0.05) is 31.5 Å². The SMILES string of the molecule is Cc1ccc(-n2nc(C(=O)N3CC[C@](C)(O)C(C)(C)C3)c(O)cc2=O)cc1. The number of piperidine rings is 1. The molecule has 27 heavy (non-hydrogen) atoms. The van der Waals surface area contributed by atoms with E-state index in [0.29, 0.717) is 25.2 Å². The summed E-state index contributed by atoms with van der Waals surface area (Å²) in [7, 11) is 0. The number of carbonyl (C=O) groups excluding carboxylic acids is 1. The van der Waals surface area contributed by atoms with Gasteiger partial charge in [0, 0.05) is 24.6 Å². The van der Waals surface area contributed by atoms with Crippen molar-refractivity contribution in [3.05, 3.63) is 51.9 Å². The molecular formula is C20H25N3O4. The van der Waals surface area contributed by atoms with Crippen LogP contribution in [0.15, 0.2) is 35.1 Å². The maximum absolute atomic E-state index is 13.0. The molecule has 1 amide bonds. The zero-order valence-corrected chi connectivity index (χ0v) is 16.1. The van der Waals surface area contributed by atoms with Crippen molar-refractivity contribution in [1.29, 1.82) is 0 Å². The van der Waals surface area contributed by atoms with Crippen LogP contribution in [-0.4, -0.2) is 49.5 Å². The third kappa shape index (κ3) is 3.47. The van der Waals surface area contributed by atoms with Crippen LogP contribution in [0.1, 0.15) is 43.2 Å². The number of aromatic nitrogens is 2. The van der Waals surface area contributed by atoms with Crippen molar-refractivity contribution in [3.8, 4) is 11.4 Å². The molecule has 0 bridgehead atoms. The Morgan fingerprint density at radius 3 is 2.41 bits per heavy atom. The van der Waals surface area contributed by atoms with E-state index in [9.17, 15) is 19.8 Å². The fraction of sp³-hybridized carbons (Fsp3) is 0.450. The second kappa shape index (κ2) is 6.49. The van der Waals surface area contributed by atoms with Gasteiger partial charge >= 0.3 is 0 Å². The van der Waals surface area contributed by atoms with Crippen LogP contribution in [0, 0.1) is 12.3 Å². The standard InChI is InChI=1S/C20H25N3O4/c1-13-5-7-14(8-6-13)23-16(25)11-15(24)17(21-23)18(26)22-10-9-20(4,27)19(2,3)12-22/h5-8,11,24,27H,9-10,12H2,1-4H3/t20-/m0/s1. The Morgan fingerprint density at radius 1 is 1.19 bits per heavy atom. The van der Waals surface area contributed by atoms with Crippen LogP contribution in [0.5, 0.6) is 5.75 Å². The van der Waals surface area contributed by atoms with Gasteiger partial charge in [-0.25, -0.2) is 0 Å². The van der Waals surface area contributed by atoms with Gasteiger partial charge in [-0.05, 0) is 32.4 Å². The van der Waals surface area contributed by atoms with Crippen LogP contribution in [0.3, 0.4) is 0 Å². The molecule has 1 aromatic heterocycles. The number of likely N-dealkylation sites (tertiary alicyclic amines) is 1. The van der Waals surface area contributed by atoms with Crippen LogP contribution in [0.25, 0.3) is 5.69 Å². The van der Waals surface area contributed by atoms with E-state index in [1.54, 1.807) is 24.0 Å². The molecule has 1 fully saturated rings. The number of benzene rings is 1. The minimum Gasteiger partial charge on any atom is -0.505 e. The molecule has 1 aromatic carbocycles. The molecule has 3 rings (SSSR count). The highest BCUT2D eigenvalue weighted by molar-refractivity contribution is 5.94. The number of nitrogens with zero attached hydrogens (tertiary/aromatic N) is 3. The van der Waals surface area contributed by atoms with Gasteiger partial charge in [0.2, 0.25) is 0 Å². The van der Waals surface area contributed by atoms with Gasteiger partial charge in [0.25, 0.3) is 11.5 Å². The molecule has 0 radical (unpaired) electrons. The minimum atomic E-state index is -0.889. The van der Waals surface area contributed by atoms with Gasteiger partial charge in [0.15, 0.2) is 11.4 Å². The summed E-state index contributed by atoms with van der Waals surface area (Å²) in [6.07, 6.45) is 0.421. The molecule has 1 aliphatic rings. The number of hydrogen-bond donors (Lipinski definition) is 2. The molecule has 2 heterocycles. The number of aliphatic hydroxyl groups is 1. The van der Waals surface area contributed by atoms with Crippen molar-refractivity contribution < 1.29 is 15.0 Å². The summed E-state index contributed by atoms with van der Waals surface area (Å²) >= 11 is 0. The van der Waals surface area contributed by atoms with Crippen molar-refractivity contribution in [3.63, 3.8) is 0 Å². The molecule has 1 aliphatic heterocycles. The highest BCUT2D eigenvalue weighted by Gasteiger charge is 2.45. The zero-order chi connectivity index (χ0) is 20.0. The molecule has 2 N–H and O–H groups in total. The third-order valence-electron chi connectivity index (χ3n) is 5.59. The molecule has 1 saturated heterocycles.